The fraction of sp³-hybridized carbons (Fsp3) is 0.241. The molecule has 1 N–H and O–H groups in total. The summed E-state index contributed by atoms with van der Waals surface area (Å²) in [4.78, 5) is 21.6. The molecule has 1 aliphatic rings. The van der Waals surface area contributed by atoms with Crippen LogP contribution in [-0.4, -0.2) is 67.5 Å². The molecule has 0 bridgehead atoms. The highest BCUT2D eigenvalue weighted by molar-refractivity contribution is 7.90. The SMILES string of the molecule is COc1cccc(O)c1CN1CCN(C(=O)c2ccc(CS(=O)(=O)c3cccc4cccnc34)cc2)CC1. The number of rotatable bonds is 7. The quantitative estimate of drug-likeness (QED) is 0.386. The number of sulfone groups is 1. The number of fused-ring (bicyclic) bond motifs is 1. The van der Waals surface area contributed by atoms with E-state index in [1.807, 2.05) is 18.2 Å². The topological polar surface area (TPSA) is 100 Å². The number of hydrogen-bond donors (Lipinski definition) is 1. The molecule has 5 rings (SSSR count). The number of phenolic OH excluding ortho intramolecular Hbond substituents is 1. The standard InChI is InChI=1S/C29H29N3O5S/c1-37-26-8-3-7-25(33)24(26)19-31-15-17-32(18-16-31)29(34)23-12-10-21(11-13-23)20-38(35,36)27-9-2-5-22-6-4-14-30-28(22)27/h2-14,33H,15-20H2,1H3. The van der Waals surface area contributed by atoms with E-state index in [9.17, 15) is 18.3 Å². The second-order valence-corrected chi connectivity index (χ2v) is 11.3. The zero-order valence-electron chi connectivity index (χ0n) is 21.1. The number of aromatic nitrogens is 1. The third-order valence-electron chi connectivity index (χ3n) is 6.86. The Morgan fingerprint density at radius 3 is 2.39 bits per heavy atom. The lowest BCUT2D eigenvalue weighted by molar-refractivity contribution is 0.0626. The molecule has 0 radical (unpaired) electrons. The number of pyridine rings is 1. The number of piperazine rings is 1. The molecule has 0 atom stereocenters. The molecule has 2 heterocycles. The number of methoxy groups -OCH3 is 1. The predicted molar refractivity (Wildman–Crippen MR) is 145 cm³/mol. The molecule has 3 aromatic carbocycles. The first-order valence-electron chi connectivity index (χ1n) is 12.4. The first-order chi connectivity index (χ1) is 18.4. The smallest absolute Gasteiger partial charge is 0.253 e. The van der Waals surface area contributed by atoms with E-state index >= 15 is 0 Å². The van der Waals surface area contributed by atoms with Crippen LogP contribution in [0.4, 0.5) is 0 Å². The van der Waals surface area contributed by atoms with Crippen molar-refractivity contribution >= 4 is 26.6 Å². The number of aromatic hydroxyl groups is 1. The number of benzene rings is 3. The van der Waals surface area contributed by atoms with Crippen molar-refractivity contribution < 1.29 is 23.1 Å². The van der Waals surface area contributed by atoms with Gasteiger partial charge in [0.05, 0.1) is 23.3 Å². The molecule has 1 aliphatic heterocycles. The monoisotopic (exact) mass is 531 g/mol. The minimum absolute atomic E-state index is 0.0857. The van der Waals surface area contributed by atoms with Crippen LogP contribution in [0, 0.1) is 0 Å². The summed E-state index contributed by atoms with van der Waals surface area (Å²) < 4.78 is 31.7. The minimum Gasteiger partial charge on any atom is -0.507 e. The number of nitrogens with zero attached hydrogens (tertiary/aromatic N) is 3. The summed E-state index contributed by atoms with van der Waals surface area (Å²) in [6.07, 6.45) is 1.59. The van der Waals surface area contributed by atoms with Crippen molar-refractivity contribution in [3.63, 3.8) is 0 Å². The van der Waals surface area contributed by atoms with Crippen LogP contribution in [0.5, 0.6) is 11.5 Å². The van der Waals surface area contributed by atoms with Crippen molar-refractivity contribution in [1.82, 2.24) is 14.8 Å². The molecule has 1 amide bonds. The molecule has 9 heteroatoms. The van der Waals surface area contributed by atoms with Crippen LogP contribution in [-0.2, 0) is 22.1 Å². The zero-order valence-corrected chi connectivity index (χ0v) is 21.9. The predicted octanol–water partition coefficient (Wildman–Crippen LogP) is 3.88. The number of hydrogen-bond acceptors (Lipinski definition) is 7. The van der Waals surface area contributed by atoms with Gasteiger partial charge in [0.15, 0.2) is 9.84 Å². The molecule has 0 unspecified atom stereocenters. The molecule has 8 nitrogen and oxygen atoms in total. The van der Waals surface area contributed by atoms with E-state index in [1.165, 1.54) is 0 Å². The molecule has 1 aromatic heterocycles. The van der Waals surface area contributed by atoms with Gasteiger partial charge in [-0.2, -0.15) is 0 Å². The number of carbonyl (C=O) groups excluding carboxylic acids is 1. The van der Waals surface area contributed by atoms with Crippen LogP contribution in [0.25, 0.3) is 10.9 Å². The summed E-state index contributed by atoms with van der Waals surface area (Å²) >= 11 is 0. The highest BCUT2D eigenvalue weighted by Crippen LogP contribution is 2.29. The average molecular weight is 532 g/mol. The van der Waals surface area contributed by atoms with Gasteiger partial charge in [-0.15, -0.1) is 0 Å². The lowest BCUT2D eigenvalue weighted by Gasteiger charge is -2.35. The maximum atomic E-state index is 13.2. The van der Waals surface area contributed by atoms with Gasteiger partial charge in [-0.1, -0.05) is 36.4 Å². The van der Waals surface area contributed by atoms with E-state index in [1.54, 1.807) is 72.8 Å². The second kappa shape index (κ2) is 10.8. The molecule has 38 heavy (non-hydrogen) atoms. The summed E-state index contributed by atoms with van der Waals surface area (Å²) in [5.74, 6) is 0.576. The van der Waals surface area contributed by atoms with E-state index in [0.717, 1.165) is 10.9 Å². The molecule has 0 aliphatic carbocycles. The van der Waals surface area contributed by atoms with Crippen LogP contribution >= 0.6 is 0 Å². The zero-order chi connectivity index (χ0) is 26.7. The van der Waals surface area contributed by atoms with Gasteiger partial charge in [-0.25, -0.2) is 8.42 Å². The van der Waals surface area contributed by atoms with Crippen LogP contribution in [0.1, 0.15) is 21.5 Å². The van der Waals surface area contributed by atoms with E-state index in [-0.39, 0.29) is 22.3 Å². The maximum Gasteiger partial charge on any atom is 0.253 e. The van der Waals surface area contributed by atoms with E-state index in [0.29, 0.717) is 55.1 Å². The van der Waals surface area contributed by atoms with Gasteiger partial charge >= 0.3 is 0 Å². The summed E-state index contributed by atoms with van der Waals surface area (Å²) in [5.41, 5.74) is 2.33. The van der Waals surface area contributed by atoms with Gasteiger partial charge in [-0.3, -0.25) is 14.7 Å². The first kappa shape index (κ1) is 25.7. The Labute approximate surface area is 222 Å². The van der Waals surface area contributed by atoms with Crippen LogP contribution in [0.15, 0.2) is 83.9 Å². The highest BCUT2D eigenvalue weighted by atomic mass is 32.2. The molecule has 1 fully saturated rings. The fourth-order valence-corrected chi connectivity index (χ4v) is 6.33. The molecular weight excluding hydrogens is 502 g/mol. The highest BCUT2D eigenvalue weighted by Gasteiger charge is 2.24. The lowest BCUT2D eigenvalue weighted by Crippen LogP contribution is -2.48. The van der Waals surface area contributed by atoms with E-state index in [4.69, 9.17) is 4.74 Å². The fourth-order valence-electron chi connectivity index (χ4n) is 4.79. The summed E-state index contributed by atoms with van der Waals surface area (Å²) in [6, 6.07) is 20.7. The molecule has 0 spiro atoms. The average Bonchev–Trinajstić information content (AvgIpc) is 2.94. The Morgan fingerprint density at radius 1 is 0.947 bits per heavy atom. The molecule has 196 valence electrons. The lowest BCUT2D eigenvalue weighted by atomic mass is 10.1. The number of ether oxygens (including phenoxy) is 1. The van der Waals surface area contributed by atoms with Crippen LogP contribution in [0.2, 0.25) is 0 Å². The van der Waals surface area contributed by atoms with Crippen LogP contribution < -0.4 is 4.74 Å². The Balaban J connectivity index is 1.22. The number of phenols is 1. The third kappa shape index (κ3) is 5.34. The van der Waals surface area contributed by atoms with Crippen molar-refractivity contribution in [2.45, 2.75) is 17.2 Å². The van der Waals surface area contributed by atoms with Crippen LogP contribution in [0.3, 0.4) is 0 Å². The number of para-hydroxylation sites is 1. The molecule has 1 saturated heterocycles. The van der Waals surface area contributed by atoms with Gasteiger partial charge in [0, 0.05) is 55.4 Å². The summed E-state index contributed by atoms with van der Waals surface area (Å²) in [6.45, 7) is 2.97. The van der Waals surface area contributed by atoms with Crippen molar-refractivity contribution in [2.75, 3.05) is 33.3 Å². The third-order valence-corrected chi connectivity index (χ3v) is 8.57. The van der Waals surface area contributed by atoms with Gasteiger partial charge in [0.25, 0.3) is 5.91 Å². The normalized spacial score (nSPS) is 14.5. The number of carbonyl (C=O) groups is 1. The van der Waals surface area contributed by atoms with E-state index < -0.39 is 9.84 Å². The second-order valence-electron chi connectivity index (χ2n) is 9.31. The Bertz CT molecular complexity index is 1560. The van der Waals surface area contributed by atoms with Gasteiger partial charge in [0.2, 0.25) is 0 Å². The Hall–Kier alpha value is -3.95. The summed E-state index contributed by atoms with van der Waals surface area (Å²) in [5, 5.41) is 11.0. The molecule has 0 saturated carbocycles. The van der Waals surface area contributed by atoms with Gasteiger partial charge in [0.1, 0.15) is 11.5 Å². The number of amides is 1. The largest absolute Gasteiger partial charge is 0.507 e. The maximum absolute atomic E-state index is 13.2. The van der Waals surface area contributed by atoms with Gasteiger partial charge in [-0.05, 0) is 42.0 Å². The molecule has 4 aromatic rings. The van der Waals surface area contributed by atoms with Crippen molar-refractivity contribution in [3.8, 4) is 11.5 Å². The van der Waals surface area contributed by atoms with Crippen molar-refractivity contribution in [1.29, 1.82) is 0 Å². The molecular formula is C29H29N3O5S. The van der Waals surface area contributed by atoms with E-state index in [2.05, 4.69) is 9.88 Å². The Kier molecular flexibility index (Phi) is 7.31. The summed E-state index contributed by atoms with van der Waals surface area (Å²) in [7, 11) is -2.04. The Morgan fingerprint density at radius 2 is 1.66 bits per heavy atom. The first-order valence-corrected chi connectivity index (χ1v) is 14.0. The van der Waals surface area contributed by atoms with Crippen molar-refractivity contribution in [2.24, 2.45) is 0 Å². The minimum atomic E-state index is -3.62. The van der Waals surface area contributed by atoms with Gasteiger partial charge < -0.3 is 14.7 Å². The van der Waals surface area contributed by atoms with Crippen molar-refractivity contribution in [3.05, 3.63) is 95.7 Å².